The Bertz CT molecular complexity index is 350. The number of carbonyl (C=O) groups excluding carboxylic acids is 1. The highest BCUT2D eigenvalue weighted by molar-refractivity contribution is 7.07. The van der Waals surface area contributed by atoms with E-state index in [4.69, 9.17) is 4.74 Å². The van der Waals surface area contributed by atoms with Crippen molar-refractivity contribution in [2.75, 3.05) is 39.4 Å². The third kappa shape index (κ3) is 4.72. The first-order chi connectivity index (χ1) is 8.84. The molecule has 1 aromatic heterocycles. The van der Waals surface area contributed by atoms with E-state index in [1.165, 1.54) is 0 Å². The van der Waals surface area contributed by atoms with Gasteiger partial charge in [0.25, 0.3) is 0 Å². The molecule has 0 radical (unpaired) electrons. The fourth-order valence-corrected chi connectivity index (χ4v) is 2.46. The van der Waals surface area contributed by atoms with Crippen LogP contribution in [-0.4, -0.2) is 55.2 Å². The molecule has 6 heteroatoms. The summed E-state index contributed by atoms with van der Waals surface area (Å²) in [5.41, 5.74) is 2.80. The lowest BCUT2D eigenvalue weighted by Gasteiger charge is -2.26. The topological polar surface area (TPSA) is 54.5 Å². The van der Waals surface area contributed by atoms with E-state index >= 15 is 0 Å². The lowest BCUT2D eigenvalue weighted by Crippen LogP contribution is -2.41. The van der Waals surface area contributed by atoms with Gasteiger partial charge in [-0.25, -0.2) is 4.98 Å². The van der Waals surface area contributed by atoms with Crippen LogP contribution in [0.3, 0.4) is 0 Å². The molecule has 1 aromatic rings. The van der Waals surface area contributed by atoms with Gasteiger partial charge in [-0.15, -0.1) is 11.3 Å². The van der Waals surface area contributed by atoms with E-state index in [2.05, 4.69) is 15.2 Å². The summed E-state index contributed by atoms with van der Waals surface area (Å²) >= 11 is 1.57. The van der Waals surface area contributed by atoms with Crippen LogP contribution in [0.4, 0.5) is 0 Å². The number of hydrogen-bond acceptors (Lipinski definition) is 5. The number of ether oxygens (including phenoxy) is 1. The van der Waals surface area contributed by atoms with Crippen molar-refractivity contribution in [1.29, 1.82) is 0 Å². The van der Waals surface area contributed by atoms with Gasteiger partial charge in [0.2, 0.25) is 5.91 Å². The Labute approximate surface area is 111 Å². The molecule has 1 N–H and O–H groups in total. The first-order valence-electron chi connectivity index (χ1n) is 6.28. The van der Waals surface area contributed by atoms with Crippen molar-refractivity contribution in [3.8, 4) is 0 Å². The lowest BCUT2D eigenvalue weighted by molar-refractivity contribution is -0.121. The smallest absolute Gasteiger partial charge is 0.220 e. The summed E-state index contributed by atoms with van der Waals surface area (Å²) in [6, 6.07) is 0. The van der Waals surface area contributed by atoms with Gasteiger partial charge < -0.3 is 10.1 Å². The van der Waals surface area contributed by atoms with E-state index in [1.54, 1.807) is 16.8 Å². The molecule has 0 atom stereocenters. The quantitative estimate of drug-likeness (QED) is 0.818. The molecule has 1 fully saturated rings. The number of aromatic nitrogens is 1. The van der Waals surface area contributed by atoms with E-state index < -0.39 is 0 Å². The predicted octanol–water partition coefficient (Wildman–Crippen LogP) is 0.524. The number of nitrogens with zero attached hydrogens (tertiary/aromatic N) is 2. The molecule has 100 valence electrons. The normalized spacial score (nSPS) is 16.7. The molecule has 1 aliphatic heterocycles. The summed E-state index contributed by atoms with van der Waals surface area (Å²) in [6.07, 6.45) is 1.25. The minimum Gasteiger partial charge on any atom is -0.379 e. The van der Waals surface area contributed by atoms with Gasteiger partial charge in [0.1, 0.15) is 0 Å². The number of nitrogens with one attached hydrogen (secondary N) is 1. The summed E-state index contributed by atoms with van der Waals surface area (Å²) in [7, 11) is 0. The number of rotatable bonds is 6. The Morgan fingerprint density at radius 2 is 2.33 bits per heavy atom. The van der Waals surface area contributed by atoms with Crippen molar-refractivity contribution < 1.29 is 9.53 Å². The van der Waals surface area contributed by atoms with Crippen LogP contribution in [-0.2, 0) is 16.0 Å². The maximum absolute atomic E-state index is 11.6. The van der Waals surface area contributed by atoms with Crippen molar-refractivity contribution in [3.63, 3.8) is 0 Å². The summed E-state index contributed by atoms with van der Waals surface area (Å²) in [4.78, 5) is 18.1. The molecule has 0 saturated carbocycles. The van der Waals surface area contributed by atoms with Gasteiger partial charge in [0, 0.05) is 38.0 Å². The molecule has 18 heavy (non-hydrogen) atoms. The summed E-state index contributed by atoms with van der Waals surface area (Å²) in [6.45, 7) is 5.17. The monoisotopic (exact) mass is 269 g/mol. The molecule has 0 spiro atoms. The molecule has 2 heterocycles. The maximum Gasteiger partial charge on any atom is 0.220 e. The third-order valence-corrected chi connectivity index (χ3v) is 3.58. The second kappa shape index (κ2) is 7.45. The fourth-order valence-electron chi connectivity index (χ4n) is 1.87. The van der Waals surface area contributed by atoms with E-state index in [-0.39, 0.29) is 5.91 Å². The minimum absolute atomic E-state index is 0.108. The Balaban J connectivity index is 1.54. The standard InChI is InChI=1S/C12H19N3O2S/c16-12(2-1-11-9-18-10-14-11)13-3-4-15-5-7-17-8-6-15/h9-10H,1-8H2,(H,13,16). The van der Waals surface area contributed by atoms with E-state index in [0.717, 1.165) is 51.5 Å². The number of aryl methyl sites for hydroxylation is 1. The van der Waals surface area contributed by atoms with Crippen LogP contribution < -0.4 is 5.32 Å². The highest BCUT2D eigenvalue weighted by Crippen LogP contribution is 2.03. The number of hydrogen-bond donors (Lipinski definition) is 1. The molecule has 1 aliphatic rings. The van der Waals surface area contributed by atoms with Crippen molar-refractivity contribution in [2.24, 2.45) is 0 Å². The van der Waals surface area contributed by atoms with Crippen molar-refractivity contribution >= 4 is 17.2 Å². The van der Waals surface area contributed by atoms with Crippen LogP contribution in [0.2, 0.25) is 0 Å². The molecular weight excluding hydrogens is 250 g/mol. The highest BCUT2D eigenvalue weighted by atomic mass is 32.1. The minimum atomic E-state index is 0.108. The predicted molar refractivity (Wildman–Crippen MR) is 70.7 cm³/mol. The van der Waals surface area contributed by atoms with Crippen molar-refractivity contribution in [2.45, 2.75) is 12.8 Å². The van der Waals surface area contributed by atoms with E-state index in [9.17, 15) is 4.79 Å². The van der Waals surface area contributed by atoms with Crippen LogP contribution >= 0.6 is 11.3 Å². The molecule has 1 saturated heterocycles. The molecular formula is C12H19N3O2S. The Kier molecular flexibility index (Phi) is 5.57. The van der Waals surface area contributed by atoms with Crippen molar-refractivity contribution in [3.05, 3.63) is 16.6 Å². The zero-order valence-electron chi connectivity index (χ0n) is 10.4. The Morgan fingerprint density at radius 3 is 3.06 bits per heavy atom. The number of amides is 1. The molecule has 0 aliphatic carbocycles. The number of thiazole rings is 1. The van der Waals surface area contributed by atoms with Gasteiger partial charge >= 0.3 is 0 Å². The third-order valence-electron chi connectivity index (χ3n) is 2.95. The zero-order chi connectivity index (χ0) is 12.6. The average Bonchev–Trinajstić information content (AvgIpc) is 2.91. The van der Waals surface area contributed by atoms with Gasteiger partial charge in [-0.2, -0.15) is 0 Å². The van der Waals surface area contributed by atoms with Crippen LogP contribution in [0.5, 0.6) is 0 Å². The van der Waals surface area contributed by atoms with Gasteiger partial charge in [-0.3, -0.25) is 9.69 Å². The summed E-state index contributed by atoms with van der Waals surface area (Å²) in [5, 5.41) is 4.93. The van der Waals surface area contributed by atoms with Crippen LogP contribution in [0.1, 0.15) is 12.1 Å². The van der Waals surface area contributed by atoms with E-state index in [0.29, 0.717) is 6.42 Å². The summed E-state index contributed by atoms with van der Waals surface area (Å²) in [5.74, 6) is 0.108. The fraction of sp³-hybridized carbons (Fsp3) is 0.667. The highest BCUT2D eigenvalue weighted by Gasteiger charge is 2.10. The summed E-state index contributed by atoms with van der Waals surface area (Å²) < 4.78 is 5.27. The Hall–Kier alpha value is -0.980. The lowest BCUT2D eigenvalue weighted by atomic mass is 10.2. The average molecular weight is 269 g/mol. The maximum atomic E-state index is 11.6. The van der Waals surface area contributed by atoms with Crippen molar-refractivity contribution in [1.82, 2.24) is 15.2 Å². The van der Waals surface area contributed by atoms with Gasteiger partial charge in [-0.05, 0) is 6.42 Å². The number of carbonyl (C=O) groups is 1. The zero-order valence-corrected chi connectivity index (χ0v) is 11.2. The first kappa shape index (κ1) is 13.5. The molecule has 0 aromatic carbocycles. The molecule has 5 nitrogen and oxygen atoms in total. The number of morpholine rings is 1. The largest absolute Gasteiger partial charge is 0.379 e. The van der Waals surface area contributed by atoms with Gasteiger partial charge in [0.05, 0.1) is 24.4 Å². The molecule has 0 unspecified atom stereocenters. The van der Waals surface area contributed by atoms with Crippen LogP contribution in [0, 0.1) is 0 Å². The second-order valence-corrected chi connectivity index (χ2v) is 5.00. The first-order valence-corrected chi connectivity index (χ1v) is 7.23. The second-order valence-electron chi connectivity index (χ2n) is 4.28. The SMILES string of the molecule is O=C(CCc1cscn1)NCCN1CCOCC1. The molecule has 2 rings (SSSR count). The van der Waals surface area contributed by atoms with Gasteiger partial charge in [-0.1, -0.05) is 0 Å². The Morgan fingerprint density at radius 1 is 1.50 bits per heavy atom. The van der Waals surface area contributed by atoms with E-state index in [1.807, 2.05) is 5.38 Å². The van der Waals surface area contributed by atoms with Crippen LogP contribution in [0.25, 0.3) is 0 Å². The van der Waals surface area contributed by atoms with Gasteiger partial charge in [0.15, 0.2) is 0 Å². The molecule has 0 bridgehead atoms. The van der Waals surface area contributed by atoms with Crippen LogP contribution in [0.15, 0.2) is 10.9 Å². The molecule has 1 amide bonds.